The van der Waals surface area contributed by atoms with Gasteiger partial charge in [0.05, 0.1) is 0 Å². The molecule has 1 aromatic heterocycles. The summed E-state index contributed by atoms with van der Waals surface area (Å²) in [6.07, 6.45) is 1.14. The second-order valence-electron chi connectivity index (χ2n) is 9.97. The number of hydrogen-bond donors (Lipinski definition) is 0. The average Bonchev–Trinajstić information content (AvgIpc) is 3.29. The van der Waals surface area contributed by atoms with Crippen LogP contribution in [0.2, 0.25) is 0 Å². The van der Waals surface area contributed by atoms with Crippen molar-refractivity contribution in [2.75, 3.05) is 6.54 Å². The molecule has 1 aliphatic rings. The van der Waals surface area contributed by atoms with Gasteiger partial charge in [0.15, 0.2) is 0 Å². The van der Waals surface area contributed by atoms with Crippen LogP contribution in [0.4, 0.5) is 4.79 Å². The molecule has 0 unspecified atom stereocenters. The van der Waals surface area contributed by atoms with Crippen molar-refractivity contribution in [1.29, 1.82) is 0 Å². The van der Waals surface area contributed by atoms with E-state index in [0.717, 1.165) is 16.5 Å². The molecule has 3 aromatic rings. The van der Waals surface area contributed by atoms with Gasteiger partial charge < -0.3 is 13.9 Å². The van der Waals surface area contributed by atoms with Gasteiger partial charge in [-0.3, -0.25) is 4.90 Å². The molecule has 4 rings (SSSR count). The number of esters is 1. The molecule has 2 heterocycles. The van der Waals surface area contributed by atoms with Gasteiger partial charge in [0.2, 0.25) is 0 Å². The number of benzene rings is 2. The quantitative estimate of drug-likeness (QED) is 0.288. The Kier molecular flexibility index (Phi) is 6.70. The molecule has 0 spiro atoms. The summed E-state index contributed by atoms with van der Waals surface area (Å²) >= 11 is 0. The highest BCUT2D eigenvalue weighted by molar-refractivity contribution is 5.88. The Bertz CT molecular complexity index is 1320. The first-order valence-corrected chi connectivity index (χ1v) is 11.9. The highest BCUT2D eigenvalue weighted by atomic mass is 16.6. The third-order valence-corrected chi connectivity index (χ3v) is 6.24. The summed E-state index contributed by atoms with van der Waals surface area (Å²) in [4.78, 5) is 39.8. The van der Waals surface area contributed by atoms with Crippen LogP contribution in [-0.2, 0) is 16.0 Å². The Hall–Kier alpha value is -3.61. The van der Waals surface area contributed by atoms with Crippen LogP contribution in [0.3, 0.4) is 0 Å². The normalized spacial score (nSPS) is 15.9. The van der Waals surface area contributed by atoms with Crippen LogP contribution in [0.1, 0.15) is 55.9 Å². The fourth-order valence-electron chi connectivity index (χ4n) is 4.41. The van der Waals surface area contributed by atoms with Crippen molar-refractivity contribution in [1.82, 2.24) is 4.90 Å². The van der Waals surface area contributed by atoms with Crippen LogP contribution in [-0.4, -0.2) is 35.2 Å². The molecule has 2 aromatic carbocycles. The molecule has 7 heteroatoms. The zero-order valence-electron chi connectivity index (χ0n) is 20.8. The van der Waals surface area contributed by atoms with Crippen molar-refractivity contribution in [2.24, 2.45) is 0 Å². The number of carbonyl (C=O) groups is 2. The minimum Gasteiger partial charge on any atom is -0.444 e. The maximum Gasteiger partial charge on any atom is 0.411 e. The zero-order chi connectivity index (χ0) is 25.3. The Labute approximate surface area is 204 Å². The van der Waals surface area contributed by atoms with Crippen molar-refractivity contribution in [3.63, 3.8) is 0 Å². The highest BCUT2D eigenvalue weighted by Gasteiger charge is 2.38. The molecule has 1 atom stereocenters. The minimum absolute atomic E-state index is 0.303. The molecule has 1 aliphatic heterocycles. The number of hydrogen-bond acceptors (Lipinski definition) is 6. The molecular weight excluding hydrogens is 446 g/mol. The number of carbonyl (C=O) groups excluding carboxylic acids is 2. The SMILES string of the molecule is Cc1c(Cc2ccccc2)c(=O)oc2c(C)c(OC(=O)[C@@H]3CCCN3C(=O)OC(C)(C)C)ccc12. The third kappa shape index (κ3) is 5.24. The van der Waals surface area contributed by atoms with Gasteiger partial charge in [0, 0.05) is 29.5 Å². The van der Waals surface area contributed by atoms with E-state index in [0.29, 0.717) is 48.3 Å². The van der Waals surface area contributed by atoms with E-state index in [4.69, 9.17) is 13.9 Å². The summed E-state index contributed by atoms with van der Waals surface area (Å²) in [5.74, 6) is -0.229. The Morgan fingerprint density at radius 2 is 1.77 bits per heavy atom. The average molecular weight is 478 g/mol. The smallest absolute Gasteiger partial charge is 0.411 e. The van der Waals surface area contributed by atoms with E-state index in [-0.39, 0.29) is 0 Å². The molecule has 1 amide bonds. The van der Waals surface area contributed by atoms with Gasteiger partial charge in [-0.1, -0.05) is 30.3 Å². The summed E-state index contributed by atoms with van der Waals surface area (Å²) < 4.78 is 16.9. The van der Waals surface area contributed by atoms with Gasteiger partial charge in [0.1, 0.15) is 23.0 Å². The van der Waals surface area contributed by atoms with Gasteiger partial charge in [-0.05, 0) is 70.7 Å². The monoisotopic (exact) mass is 477 g/mol. The van der Waals surface area contributed by atoms with Crippen molar-refractivity contribution in [3.05, 3.63) is 75.1 Å². The number of likely N-dealkylation sites (tertiary alicyclic amines) is 1. The zero-order valence-corrected chi connectivity index (χ0v) is 20.8. The van der Waals surface area contributed by atoms with Crippen molar-refractivity contribution < 1.29 is 23.5 Å². The molecule has 35 heavy (non-hydrogen) atoms. The second kappa shape index (κ2) is 9.56. The Balaban J connectivity index is 1.59. The van der Waals surface area contributed by atoms with Crippen LogP contribution in [0.15, 0.2) is 51.7 Å². The molecule has 1 saturated heterocycles. The number of aryl methyl sites for hydroxylation is 2. The molecule has 0 bridgehead atoms. The number of ether oxygens (including phenoxy) is 2. The van der Waals surface area contributed by atoms with Gasteiger partial charge in [0.25, 0.3) is 0 Å². The number of nitrogens with zero attached hydrogens (tertiary/aromatic N) is 1. The van der Waals surface area contributed by atoms with E-state index >= 15 is 0 Å². The molecule has 7 nitrogen and oxygen atoms in total. The maximum atomic E-state index is 13.0. The predicted octanol–water partition coefficient (Wildman–Crippen LogP) is 5.31. The van der Waals surface area contributed by atoms with Gasteiger partial charge in [-0.2, -0.15) is 0 Å². The van der Waals surface area contributed by atoms with E-state index < -0.39 is 29.3 Å². The number of fused-ring (bicyclic) bond motifs is 1. The predicted molar refractivity (Wildman–Crippen MR) is 133 cm³/mol. The molecule has 184 valence electrons. The molecule has 1 fully saturated rings. The maximum absolute atomic E-state index is 13.0. The lowest BCUT2D eigenvalue weighted by molar-refractivity contribution is -0.139. The van der Waals surface area contributed by atoms with Crippen LogP contribution in [0, 0.1) is 13.8 Å². The fraction of sp³-hybridized carbons (Fsp3) is 0.393. The molecule has 0 aliphatic carbocycles. The molecular formula is C28H31NO6. The lowest BCUT2D eigenvalue weighted by Crippen LogP contribution is -2.44. The lowest BCUT2D eigenvalue weighted by atomic mass is 9.98. The number of rotatable bonds is 4. The van der Waals surface area contributed by atoms with E-state index in [1.165, 1.54) is 4.90 Å². The molecule has 0 N–H and O–H groups in total. The van der Waals surface area contributed by atoms with E-state index in [1.54, 1.807) is 39.8 Å². The van der Waals surface area contributed by atoms with Gasteiger partial charge in [-0.25, -0.2) is 14.4 Å². The van der Waals surface area contributed by atoms with Crippen LogP contribution in [0.5, 0.6) is 5.75 Å². The molecule has 0 saturated carbocycles. The first-order valence-electron chi connectivity index (χ1n) is 11.9. The lowest BCUT2D eigenvalue weighted by Gasteiger charge is -2.27. The summed E-state index contributed by atoms with van der Waals surface area (Å²) in [6.45, 7) is 9.45. The van der Waals surface area contributed by atoms with E-state index in [2.05, 4.69) is 0 Å². The Morgan fingerprint density at radius 1 is 1.06 bits per heavy atom. The third-order valence-electron chi connectivity index (χ3n) is 6.24. The van der Waals surface area contributed by atoms with Crippen molar-refractivity contribution in [2.45, 2.75) is 65.5 Å². The van der Waals surface area contributed by atoms with Crippen LogP contribution < -0.4 is 10.4 Å². The topological polar surface area (TPSA) is 86.0 Å². The second-order valence-corrected chi connectivity index (χ2v) is 9.97. The van der Waals surface area contributed by atoms with Crippen LogP contribution >= 0.6 is 0 Å². The first kappa shape index (κ1) is 24.5. The first-order chi connectivity index (χ1) is 16.5. The molecule has 0 radical (unpaired) electrons. The highest BCUT2D eigenvalue weighted by Crippen LogP contribution is 2.31. The van der Waals surface area contributed by atoms with Crippen LogP contribution in [0.25, 0.3) is 11.0 Å². The number of amides is 1. The van der Waals surface area contributed by atoms with Gasteiger partial charge in [-0.15, -0.1) is 0 Å². The van der Waals surface area contributed by atoms with Crippen molar-refractivity contribution in [3.8, 4) is 5.75 Å². The van der Waals surface area contributed by atoms with E-state index in [9.17, 15) is 14.4 Å². The summed E-state index contributed by atoms with van der Waals surface area (Å²) in [5.41, 5.74) is 2.36. The largest absolute Gasteiger partial charge is 0.444 e. The summed E-state index contributed by atoms with van der Waals surface area (Å²) in [6, 6.07) is 12.5. The minimum atomic E-state index is -0.720. The van der Waals surface area contributed by atoms with Gasteiger partial charge >= 0.3 is 17.7 Å². The van der Waals surface area contributed by atoms with Crippen molar-refractivity contribution >= 4 is 23.0 Å². The van der Waals surface area contributed by atoms with E-state index in [1.807, 2.05) is 37.3 Å². The fourth-order valence-corrected chi connectivity index (χ4v) is 4.41. The summed E-state index contributed by atoms with van der Waals surface area (Å²) in [5, 5.41) is 0.795. The Morgan fingerprint density at radius 3 is 2.46 bits per heavy atom. The standard InChI is InChI=1S/C28H31NO6/c1-17-20-13-14-23(33-26(31)22-12-9-15-29(22)27(32)35-28(3,4)5)18(2)24(20)34-25(30)21(17)16-19-10-7-6-8-11-19/h6-8,10-11,13-14,22H,9,12,15-16H2,1-5H3/t22-/m0/s1. The summed E-state index contributed by atoms with van der Waals surface area (Å²) in [7, 11) is 0.